The molecule has 0 unspecified atom stereocenters. The van der Waals surface area contributed by atoms with Crippen molar-refractivity contribution in [1.29, 1.82) is 0 Å². The van der Waals surface area contributed by atoms with Crippen LogP contribution in [0.25, 0.3) is 0 Å². The standard InChI is InChI=1S/C12H11ClN2O3S2/c13-9-2-1-7(20-9)3-5-14-12(18)15-10-8(11(16)17)4-6-19-10/h1-2,4,6H,3,5H2,(H,16,17)(H2,14,15,18). The molecule has 2 amide bonds. The molecule has 2 rings (SSSR count). The first-order valence-corrected chi connectivity index (χ1v) is 7.73. The summed E-state index contributed by atoms with van der Waals surface area (Å²) in [5.74, 6) is -1.06. The monoisotopic (exact) mass is 330 g/mol. The second-order valence-corrected chi connectivity index (χ2v) is 6.52. The number of hydrogen-bond donors (Lipinski definition) is 3. The Morgan fingerprint density at radius 2 is 2.10 bits per heavy atom. The predicted octanol–water partition coefficient (Wildman–Crippen LogP) is 3.53. The minimum atomic E-state index is -1.06. The molecule has 2 aromatic heterocycles. The van der Waals surface area contributed by atoms with E-state index in [0.717, 1.165) is 4.88 Å². The van der Waals surface area contributed by atoms with Gasteiger partial charge in [-0.25, -0.2) is 9.59 Å². The second-order valence-electron chi connectivity index (χ2n) is 3.81. The van der Waals surface area contributed by atoms with Gasteiger partial charge in [0, 0.05) is 11.4 Å². The summed E-state index contributed by atoms with van der Waals surface area (Å²) in [6.45, 7) is 0.455. The SMILES string of the molecule is O=C(NCCc1ccc(Cl)s1)Nc1sccc1C(=O)O. The van der Waals surface area contributed by atoms with Crippen LogP contribution in [0.2, 0.25) is 4.34 Å². The molecule has 2 aromatic rings. The molecule has 0 radical (unpaired) electrons. The van der Waals surface area contributed by atoms with Crippen molar-refractivity contribution in [2.24, 2.45) is 0 Å². The number of carboxylic acids is 1. The highest BCUT2D eigenvalue weighted by atomic mass is 35.5. The summed E-state index contributed by atoms with van der Waals surface area (Å²) in [7, 11) is 0. The molecule has 0 aliphatic heterocycles. The van der Waals surface area contributed by atoms with Crippen LogP contribution in [0, 0.1) is 0 Å². The first-order valence-electron chi connectivity index (χ1n) is 5.66. The average Bonchev–Trinajstić information content (AvgIpc) is 2.98. The molecule has 0 bridgehead atoms. The molecule has 20 heavy (non-hydrogen) atoms. The topological polar surface area (TPSA) is 78.4 Å². The van der Waals surface area contributed by atoms with Crippen molar-refractivity contribution in [3.63, 3.8) is 0 Å². The zero-order chi connectivity index (χ0) is 14.5. The van der Waals surface area contributed by atoms with Gasteiger partial charge in [0.1, 0.15) is 5.00 Å². The molecule has 8 heteroatoms. The molecule has 0 aliphatic carbocycles. The maximum absolute atomic E-state index is 11.6. The smallest absolute Gasteiger partial charge is 0.338 e. The lowest BCUT2D eigenvalue weighted by Gasteiger charge is -2.06. The van der Waals surface area contributed by atoms with Gasteiger partial charge in [-0.05, 0) is 30.0 Å². The highest BCUT2D eigenvalue weighted by Crippen LogP contribution is 2.23. The summed E-state index contributed by atoms with van der Waals surface area (Å²) in [5, 5.41) is 16.1. The van der Waals surface area contributed by atoms with Crippen LogP contribution in [0.5, 0.6) is 0 Å². The number of carboxylic acid groups (broad SMARTS) is 1. The molecular weight excluding hydrogens is 320 g/mol. The lowest BCUT2D eigenvalue weighted by atomic mass is 10.3. The van der Waals surface area contributed by atoms with Crippen molar-refractivity contribution < 1.29 is 14.7 Å². The molecule has 0 saturated carbocycles. The molecule has 0 aromatic carbocycles. The van der Waals surface area contributed by atoms with Crippen molar-refractivity contribution in [2.45, 2.75) is 6.42 Å². The summed E-state index contributed by atoms with van der Waals surface area (Å²) < 4.78 is 0.717. The minimum absolute atomic E-state index is 0.0928. The predicted molar refractivity (Wildman–Crippen MR) is 81.3 cm³/mol. The molecule has 0 aliphatic rings. The van der Waals surface area contributed by atoms with E-state index in [-0.39, 0.29) is 5.56 Å². The fraction of sp³-hybridized carbons (Fsp3) is 0.167. The number of carbonyl (C=O) groups is 2. The zero-order valence-electron chi connectivity index (χ0n) is 10.2. The van der Waals surface area contributed by atoms with Crippen molar-refractivity contribution >= 4 is 51.3 Å². The Labute approximate surface area is 128 Å². The number of aromatic carboxylic acids is 1. The van der Waals surface area contributed by atoms with E-state index in [1.54, 1.807) is 5.38 Å². The number of hydrogen-bond acceptors (Lipinski definition) is 4. The lowest BCUT2D eigenvalue weighted by Crippen LogP contribution is -2.30. The van der Waals surface area contributed by atoms with Gasteiger partial charge in [0.15, 0.2) is 0 Å². The van der Waals surface area contributed by atoms with Crippen LogP contribution in [-0.2, 0) is 6.42 Å². The van der Waals surface area contributed by atoms with Gasteiger partial charge in [0.25, 0.3) is 0 Å². The molecule has 0 saturated heterocycles. The molecular formula is C12H11ClN2O3S2. The Balaban J connectivity index is 1.80. The van der Waals surface area contributed by atoms with Crippen molar-refractivity contribution in [3.8, 4) is 0 Å². The quantitative estimate of drug-likeness (QED) is 0.784. The number of rotatable bonds is 5. The minimum Gasteiger partial charge on any atom is -0.478 e. The number of halogens is 1. The van der Waals surface area contributed by atoms with Gasteiger partial charge in [0.05, 0.1) is 9.90 Å². The Bertz CT molecular complexity index is 624. The van der Waals surface area contributed by atoms with Crippen LogP contribution in [0.4, 0.5) is 9.80 Å². The van der Waals surface area contributed by atoms with Gasteiger partial charge in [-0.1, -0.05) is 11.6 Å². The molecule has 0 fully saturated rings. The van der Waals surface area contributed by atoms with Gasteiger partial charge < -0.3 is 10.4 Å². The van der Waals surface area contributed by atoms with E-state index >= 15 is 0 Å². The molecule has 0 spiro atoms. The maximum atomic E-state index is 11.6. The van der Waals surface area contributed by atoms with E-state index in [1.165, 1.54) is 28.7 Å². The van der Waals surface area contributed by atoms with Crippen LogP contribution in [0.1, 0.15) is 15.2 Å². The first-order chi connectivity index (χ1) is 9.56. The van der Waals surface area contributed by atoms with Crippen molar-refractivity contribution in [2.75, 3.05) is 11.9 Å². The average molecular weight is 331 g/mol. The van der Waals surface area contributed by atoms with Crippen LogP contribution in [0.15, 0.2) is 23.6 Å². The third-order valence-corrected chi connectivity index (χ3v) is 4.53. The van der Waals surface area contributed by atoms with Gasteiger partial charge in [-0.15, -0.1) is 22.7 Å². The molecule has 2 heterocycles. The van der Waals surface area contributed by atoms with Crippen LogP contribution in [-0.4, -0.2) is 23.7 Å². The Hall–Kier alpha value is -1.57. The highest BCUT2D eigenvalue weighted by molar-refractivity contribution is 7.16. The van der Waals surface area contributed by atoms with Gasteiger partial charge in [-0.2, -0.15) is 0 Å². The molecule has 0 atom stereocenters. The summed E-state index contributed by atoms with van der Waals surface area (Å²) in [6.07, 6.45) is 0.682. The first kappa shape index (κ1) is 14.8. The fourth-order valence-electron chi connectivity index (χ4n) is 1.51. The van der Waals surface area contributed by atoms with E-state index in [9.17, 15) is 9.59 Å². The Kier molecular flexibility index (Phi) is 4.99. The largest absolute Gasteiger partial charge is 0.478 e. The number of carbonyl (C=O) groups excluding carboxylic acids is 1. The van der Waals surface area contributed by atoms with Gasteiger partial charge >= 0.3 is 12.0 Å². The molecule has 5 nitrogen and oxygen atoms in total. The summed E-state index contributed by atoms with van der Waals surface area (Å²) >= 11 is 8.45. The van der Waals surface area contributed by atoms with Crippen LogP contribution < -0.4 is 10.6 Å². The molecule has 106 valence electrons. The maximum Gasteiger partial charge on any atom is 0.338 e. The number of nitrogens with one attached hydrogen (secondary N) is 2. The zero-order valence-corrected chi connectivity index (χ0v) is 12.6. The third kappa shape index (κ3) is 3.96. The summed E-state index contributed by atoms with van der Waals surface area (Å²) in [4.78, 5) is 23.6. The number of thiophene rings is 2. The number of urea groups is 1. The van der Waals surface area contributed by atoms with E-state index in [4.69, 9.17) is 16.7 Å². The van der Waals surface area contributed by atoms with E-state index in [0.29, 0.717) is 22.3 Å². The number of amides is 2. The highest BCUT2D eigenvalue weighted by Gasteiger charge is 2.13. The normalized spacial score (nSPS) is 10.2. The van der Waals surface area contributed by atoms with Crippen LogP contribution in [0.3, 0.4) is 0 Å². The van der Waals surface area contributed by atoms with E-state index in [2.05, 4.69) is 10.6 Å². The third-order valence-electron chi connectivity index (χ3n) is 2.41. The van der Waals surface area contributed by atoms with Crippen molar-refractivity contribution in [1.82, 2.24) is 5.32 Å². The lowest BCUT2D eigenvalue weighted by molar-refractivity contribution is 0.0698. The van der Waals surface area contributed by atoms with E-state index in [1.807, 2.05) is 12.1 Å². The Morgan fingerprint density at radius 3 is 2.75 bits per heavy atom. The van der Waals surface area contributed by atoms with E-state index < -0.39 is 12.0 Å². The fourth-order valence-corrected chi connectivity index (χ4v) is 3.37. The molecule has 3 N–H and O–H groups in total. The van der Waals surface area contributed by atoms with Crippen molar-refractivity contribution in [3.05, 3.63) is 38.4 Å². The second kappa shape index (κ2) is 6.74. The Morgan fingerprint density at radius 1 is 1.30 bits per heavy atom. The van der Waals surface area contributed by atoms with Gasteiger partial charge in [0.2, 0.25) is 0 Å². The number of anilines is 1. The summed E-state index contributed by atoms with van der Waals surface area (Å²) in [6, 6.07) is 4.76. The van der Waals surface area contributed by atoms with Gasteiger partial charge in [-0.3, -0.25) is 5.32 Å². The summed E-state index contributed by atoms with van der Waals surface area (Å²) in [5.41, 5.74) is 0.0928. The van der Waals surface area contributed by atoms with Crippen LogP contribution >= 0.6 is 34.3 Å².